The Balaban J connectivity index is 1.35. The van der Waals surface area contributed by atoms with Gasteiger partial charge < -0.3 is 15.0 Å². The molecule has 1 aromatic heterocycles. The average Bonchev–Trinajstić information content (AvgIpc) is 3.22. The van der Waals surface area contributed by atoms with Gasteiger partial charge in [-0.3, -0.25) is 14.4 Å². The molecule has 0 aliphatic carbocycles. The van der Waals surface area contributed by atoms with Crippen LogP contribution >= 0.6 is 11.6 Å². The molecule has 2 amide bonds. The fraction of sp³-hybridized carbons (Fsp3) is 0.250. The molecule has 1 atom stereocenters. The van der Waals surface area contributed by atoms with Crippen molar-refractivity contribution in [1.82, 2.24) is 15.1 Å². The van der Waals surface area contributed by atoms with Crippen LogP contribution in [0.15, 0.2) is 65.5 Å². The molecular weight excluding hydrogens is 444 g/mol. The molecule has 1 aliphatic rings. The summed E-state index contributed by atoms with van der Waals surface area (Å²) in [5.74, 6) is -0.0555. The molecule has 4 rings (SSSR count). The lowest BCUT2D eigenvalue weighted by molar-refractivity contribution is -0.126. The maximum absolute atomic E-state index is 12.6. The first-order valence-corrected chi connectivity index (χ1v) is 10.9. The van der Waals surface area contributed by atoms with Crippen LogP contribution in [-0.4, -0.2) is 41.8 Å². The third kappa shape index (κ3) is 5.23. The molecule has 2 aromatic carbocycles. The van der Waals surface area contributed by atoms with Crippen molar-refractivity contribution < 1.29 is 14.3 Å². The van der Waals surface area contributed by atoms with Crippen LogP contribution in [0.3, 0.4) is 0 Å². The number of nitrogens with zero attached hydrogens (tertiary/aromatic N) is 3. The molecule has 1 saturated heterocycles. The van der Waals surface area contributed by atoms with Crippen molar-refractivity contribution in [3.63, 3.8) is 0 Å². The summed E-state index contributed by atoms with van der Waals surface area (Å²) in [7, 11) is 1.60. The van der Waals surface area contributed by atoms with Gasteiger partial charge in [-0.25, -0.2) is 4.68 Å². The molecule has 9 heteroatoms. The van der Waals surface area contributed by atoms with Crippen LogP contribution in [0.5, 0.6) is 5.75 Å². The van der Waals surface area contributed by atoms with Gasteiger partial charge in [0.15, 0.2) is 0 Å². The molecule has 3 aromatic rings. The van der Waals surface area contributed by atoms with E-state index in [1.165, 1.54) is 10.7 Å². The molecule has 0 bridgehead atoms. The van der Waals surface area contributed by atoms with Crippen LogP contribution in [0.4, 0.5) is 5.69 Å². The average molecular weight is 467 g/mol. The van der Waals surface area contributed by atoms with Gasteiger partial charge in [-0.2, -0.15) is 5.10 Å². The van der Waals surface area contributed by atoms with Crippen molar-refractivity contribution in [1.29, 1.82) is 0 Å². The molecule has 1 fully saturated rings. The Labute approximate surface area is 195 Å². The lowest BCUT2D eigenvalue weighted by Gasteiger charge is -2.17. The van der Waals surface area contributed by atoms with Crippen LogP contribution < -0.4 is 20.5 Å². The van der Waals surface area contributed by atoms with E-state index in [2.05, 4.69) is 10.4 Å². The zero-order valence-corrected chi connectivity index (χ0v) is 18.8. The first-order chi connectivity index (χ1) is 15.9. The third-order valence-corrected chi connectivity index (χ3v) is 5.76. The third-order valence-electron chi connectivity index (χ3n) is 5.51. The maximum Gasteiger partial charge on any atom is 0.266 e. The second kappa shape index (κ2) is 9.87. The minimum atomic E-state index is -0.455. The summed E-state index contributed by atoms with van der Waals surface area (Å²) in [6.07, 6.45) is 0.139. The number of anilines is 1. The van der Waals surface area contributed by atoms with Crippen molar-refractivity contribution in [2.75, 3.05) is 25.1 Å². The van der Waals surface area contributed by atoms with Gasteiger partial charge in [0, 0.05) is 41.9 Å². The van der Waals surface area contributed by atoms with Gasteiger partial charge in [-0.05, 0) is 54.6 Å². The minimum absolute atomic E-state index is 0.109. The zero-order valence-electron chi connectivity index (χ0n) is 18.0. The number of nitrogens with one attached hydrogen (secondary N) is 1. The molecule has 170 valence electrons. The lowest BCUT2D eigenvalue weighted by Crippen LogP contribution is -2.36. The number of amides is 2. The fourth-order valence-corrected chi connectivity index (χ4v) is 3.83. The lowest BCUT2D eigenvalue weighted by atomic mass is 10.1. The van der Waals surface area contributed by atoms with Crippen LogP contribution in [-0.2, 0) is 16.1 Å². The minimum Gasteiger partial charge on any atom is -0.497 e. The van der Waals surface area contributed by atoms with Crippen molar-refractivity contribution in [3.8, 4) is 17.0 Å². The Kier molecular flexibility index (Phi) is 6.74. The Morgan fingerprint density at radius 3 is 2.52 bits per heavy atom. The largest absolute Gasteiger partial charge is 0.497 e. The fourth-order valence-electron chi connectivity index (χ4n) is 3.71. The number of carbonyl (C=O) groups excluding carboxylic acids is 2. The van der Waals surface area contributed by atoms with E-state index < -0.39 is 5.92 Å². The summed E-state index contributed by atoms with van der Waals surface area (Å²) in [5.41, 5.74) is 1.95. The molecule has 0 saturated carbocycles. The van der Waals surface area contributed by atoms with Gasteiger partial charge in [0.2, 0.25) is 11.8 Å². The Morgan fingerprint density at radius 1 is 1.09 bits per heavy atom. The van der Waals surface area contributed by atoms with E-state index in [9.17, 15) is 14.4 Å². The standard InChI is InChI=1S/C24H23ClN4O4/c1-33-20-8-2-16(3-9-20)21-10-11-22(30)29(27-21)13-12-26-24(32)17-14-23(31)28(15-17)19-6-4-18(25)5-7-19/h2-11,17H,12-15H2,1H3,(H,26,32). The molecule has 1 N–H and O–H groups in total. The van der Waals surface area contributed by atoms with E-state index in [0.29, 0.717) is 22.9 Å². The Bertz CT molecular complexity index is 1210. The highest BCUT2D eigenvalue weighted by atomic mass is 35.5. The number of hydrogen-bond donors (Lipinski definition) is 1. The van der Waals surface area contributed by atoms with Gasteiger partial charge in [-0.15, -0.1) is 0 Å². The van der Waals surface area contributed by atoms with Crippen molar-refractivity contribution in [3.05, 3.63) is 76.0 Å². The Hall–Kier alpha value is -3.65. The molecule has 0 spiro atoms. The quantitative estimate of drug-likeness (QED) is 0.578. The summed E-state index contributed by atoms with van der Waals surface area (Å²) >= 11 is 5.91. The number of carbonyl (C=O) groups is 2. The highest BCUT2D eigenvalue weighted by Crippen LogP contribution is 2.26. The van der Waals surface area contributed by atoms with E-state index in [1.807, 2.05) is 24.3 Å². The van der Waals surface area contributed by atoms with Crippen molar-refractivity contribution in [2.24, 2.45) is 5.92 Å². The number of benzene rings is 2. The Morgan fingerprint density at radius 2 is 1.82 bits per heavy atom. The summed E-state index contributed by atoms with van der Waals surface area (Å²) < 4.78 is 6.48. The van der Waals surface area contributed by atoms with Gasteiger partial charge >= 0.3 is 0 Å². The van der Waals surface area contributed by atoms with E-state index in [1.54, 1.807) is 42.3 Å². The number of aromatic nitrogens is 2. The predicted octanol–water partition coefficient (Wildman–Crippen LogP) is 2.74. The highest BCUT2D eigenvalue weighted by molar-refractivity contribution is 6.30. The topological polar surface area (TPSA) is 93.5 Å². The number of rotatable bonds is 7. The van der Waals surface area contributed by atoms with Crippen LogP contribution in [0.1, 0.15) is 6.42 Å². The van der Waals surface area contributed by atoms with E-state index in [0.717, 1.165) is 11.3 Å². The summed E-state index contributed by atoms with van der Waals surface area (Å²) in [6, 6.07) is 17.4. The molecule has 1 aliphatic heterocycles. The number of hydrogen-bond acceptors (Lipinski definition) is 5. The smallest absolute Gasteiger partial charge is 0.266 e. The summed E-state index contributed by atoms with van der Waals surface area (Å²) in [4.78, 5) is 38.8. The summed E-state index contributed by atoms with van der Waals surface area (Å²) in [5, 5.41) is 7.81. The highest BCUT2D eigenvalue weighted by Gasteiger charge is 2.34. The molecule has 1 unspecified atom stereocenters. The van der Waals surface area contributed by atoms with E-state index in [4.69, 9.17) is 16.3 Å². The first-order valence-electron chi connectivity index (χ1n) is 10.5. The van der Waals surface area contributed by atoms with Crippen molar-refractivity contribution in [2.45, 2.75) is 13.0 Å². The molecule has 0 radical (unpaired) electrons. The molecule has 2 heterocycles. The second-order valence-electron chi connectivity index (χ2n) is 7.68. The molecular formula is C24H23ClN4O4. The monoisotopic (exact) mass is 466 g/mol. The zero-order chi connectivity index (χ0) is 23.4. The second-order valence-corrected chi connectivity index (χ2v) is 8.12. The SMILES string of the molecule is COc1ccc(-c2ccc(=O)n(CCNC(=O)C3CC(=O)N(c4ccc(Cl)cc4)C3)n2)cc1. The normalized spacial score (nSPS) is 15.5. The maximum atomic E-state index is 12.6. The number of ether oxygens (including phenoxy) is 1. The van der Waals surface area contributed by atoms with Gasteiger partial charge in [-0.1, -0.05) is 11.6 Å². The van der Waals surface area contributed by atoms with Crippen LogP contribution in [0.2, 0.25) is 5.02 Å². The number of halogens is 1. The van der Waals surface area contributed by atoms with Gasteiger partial charge in [0.05, 0.1) is 25.3 Å². The molecule has 8 nitrogen and oxygen atoms in total. The first kappa shape index (κ1) is 22.5. The summed E-state index contributed by atoms with van der Waals surface area (Å²) in [6.45, 7) is 0.747. The molecule has 33 heavy (non-hydrogen) atoms. The van der Waals surface area contributed by atoms with Crippen LogP contribution in [0, 0.1) is 5.92 Å². The van der Waals surface area contributed by atoms with E-state index >= 15 is 0 Å². The van der Waals surface area contributed by atoms with Gasteiger partial charge in [0.1, 0.15) is 5.75 Å². The van der Waals surface area contributed by atoms with Gasteiger partial charge in [0.25, 0.3) is 5.56 Å². The number of methoxy groups -OCH3 is 1. The predicted molar refractivity (Wildman–Crippen MR) is 125 cm³/mol. The van der Waals surface area contributed by atoms with Crippen molar-refractivity contribution >= 4 is 29.1 Å². The van der Waals surface area contributed by atoms with E-state index in [-0.39, 0.29) is 36.9 Å². The van der Waals surface area contributed by atoms with Crippen LogP contribution in [0.25, 0.3) is 11.3 Å².